The molecule has 2 heterocycles. The molecule has 0 radical (unpaired) electrons. The summed E-state index contributed by atoms with van der Waals surface area (Å²) >= 11 is 6.28. The number of amides is 3. The average Bonchev–Trinajstić information content (AvgIpc) is 3.26. The summed E-state index contributed by atoms with van der Waals surface area (Å²) in [6.45, 7) is 2.54. The first-order valence-corrected chi connectivity index (χ1v) is 12.3. The van der Waals surface area contributed by atoms with Gasteiger partial charge in [0.05, 0.1) is 14.2 Å². The number of aromatic nitrogens is 1. The number of thiazole rings is 1. The minimum atomic E-state index is -5.40. The smallest absolute Gasteiger partial charge is 0.731 e. The van der Waals surface area contributed by atoms with Crippen LogP contribution in [0.2, 0.25) is 0 Å². The number of β-lactam (4-membered cyclic amide) rings is 1. The third-order valence-corrected chi connectivity index (χ3v) is 6.28. The second-order valence-corrected chi connectivity index (χ2v) is 9.64. The number of ether oxygens (including phenoxy) is 2. The number of anilines is 1. The maximum Gasteiger partial charge on any atom is 1.00 e. The van der Waals surface area contributed by atoms with Crippen molar-refractivity contribution in [3.63, 3.8) is 0 Å². The maximum absolute atomic E-state index is 13.0. The molecule has 0 saturated carbocycles. The van der Waals surface area contributed by atoms with Crippen molar-refractivity contribution in [3.05, 3.63) is 11.1 Å². The zero-order chi connectivity index (χ0) is 27.4. The molecule has 0 aromatic carbocycles. The van der Waals surface area contributed by atoms with Gasteiger partial charge in [0.1, 0.15) is 17.6 Å². The van der Waals surface area contributed by atoms with Crippen LogP contribution in [0.4, 0.5) is 5.13 Å². The van der Waals surface area contributed by atoms with Crippen molar-refractivity contribution in [1.29, 1.82) is 0 Å². The second-order valence-electron chi connectivity index (χ2n) is 7.26. The normalized spacial score (nSPS) is 17.6. The Hall–Kier alpha value is -2.35. The first kappa shape index (κ1) is 32.7. The number of oxime groups is 1. The molecule has 0 unspecified atom stereocenters. The van der Waals surface area contributed by atoms with Gasteiger partial charge in [0.2, 0.25) is 11.5 Å². The van der Waals surface area contributed by atoms with Crippen LogP contribution < -0.4 is 40.2 Å². The molecule has 1 aromatic rings. The molecule has 37 heavy (non-hydrogen) atoms. The summed E-state index contributed by atoms with van der Waals surface area (Å²) in [4.78, 5) is 69.8. The Morgan fingerprint density at radius 2 is 1.89 bits per heavy atom. The zero-order valence-electron chi connectivity index (χ0n) is 20.0. The number of carbonyl (C=O) groups excluding carboxylic acids is 5. The van der Waals surface area contributed by atoms with Crippen LogP contribution >= 0.6 is 22.9 Å². The fraction of sp³-hybridized carbons (Fsp3) is 0.471. The Morgan fingerprint density at radius 1 is 1.27 bits per heavy atom. The predicted octanol–water partition coefficient (Wildman–Crippen LogP) is -4.67. The molecule has 2 atom stereocenters. The van der Waals surface area contributed by atoms with E-state index in [0.29, 0.717) is 0 Å². The van der Waals surface area contributed by atoms with Crippen molar-refractivity contribution < 1.29 is 80.8 Å². The molecule has 1 fully saturated rings. The number of methoxy groups -OCH3 is 2. The van der Waals surface area contributed by atoms with Gasteiger partial charge >= 0.3 is 41.5 Å². The molecule has 1 aliphatic heterocycles. The first-order valence-electron chi connectivity index (χ1n) is 9.52. The van der Waals surface area contributed by atoms with Crippen molar-refractivity contribution in [2.24, 2.45) is 5.16 Å². The zero-order valence-corrected chi connectivity index (χ0v) is 24.4. The van der Waals surface area contributed by atoms with Gasteiger partial charge in [-0.1, -0.05) is 5.16 Å². The van der Waals surface area contributed by atoms with E-state index >= 15 is 0 Å². The monoisotopic (exact) mass is 591 g/mol. The standard InChI is InChI=1S/C17H20ClN5O11S2.Na/c1-17(2,15(28)33-4)34-22-9(7-6-35-16(19-7)20-8(24)5-18)12(25)21-10-11(14(27)32-3)23(13(10)26)36(29,30)31;/h6,10-11H,5H2,1-4H3,(H,21,25)(H,19,20,24)(H,29,30,31);/q;+1/p-1/t10-,11-;/m0./s1. The van der Waals surface area contributed by atoms with E-state index in [0.717, 1.165) is 25.6 Å². The summed E-state index contributed by atoms with van der Waals surface area (Å²) in [5, 5.41) is 9.29. The molecule has 0 aliphatic carbocycles. The molecule has 1 saturated heterocycles. The number of alkyl halides is 1. The molecule has 1 aliphatic rings. The Kier molecular flexibility index (Phi) is 11.4. The number of rotatable bonds is 10. The van der Waals surface area contributed by atoms with Crippen LogP contribution in [0.1, 0.15) is 19.5 Å². The summed E-state index contributed by atoms with van der Waals surface area (Å²) in [5.41, 5.74) is -2.55. The Balaban J connectivity index is 0.00000684. The summed E-state index contributed by atoms with van der Waals surface area (Å²) in [6.07, 6.45) is 0. The van der Waals surface area contributed by atoms with Gasteiger partial charge in [-0.25, -0.2) is 27.3 Å². The summed E-state index contributed by atoms with van der Waals surface area (Å²) in [6, 6.07) is -3.79. The van der Waals surface area contributed by atoms with Gasteiger partial charge in [0, 0.05) is 5.38 Å². The van der Waals surface area contributed by atoms with Crippen molar-refractivity contribution in [2.45, 2.75) is 31.5 Å². The van der Waals surface area contributed by atoms with Gasteiger partial charge in [-0.2, -0.15) is 0 Å². The van der Waals surface area contributed by atoms with E-state index in [9.17, 15) is 36.9 Å². The summed E-state index contributed by atoms with van der Waals surface area (Å²) in [7, 11) is -3.44. The van der Waals surface area contributed by atoms with E-state index in [2.05, 4.69) is 30.2 Å². The molecular weight excluding hydrogens is 573 g/mol. The SMILES string of the molecule is COC(=O)[C@@H]1[C@H](NC(=O)C(=NOC(C)(C)C(=O)OC)c2csc(NC(=O)CCl)n2)C(=O)N1S(=O)(=O)[O-].[Na+]. The van der Waals surface area contributed by atoms with Crippen LogP contribution in [0.25, 0.3) is 0 Å². The molecule has 198 valence electrons. The van der Waals surface area contributed by atoms with E-state index in [1.165, 1.54) is 19.2 Å². The van der Waals surface area contributed by atoms with Crippen molar-refractivity contribution in [2.75, 3.05) is 25.4 Å². The Bertz CT molecular complexity index is 1220. The van der Waals surface area contributed by atoms with E-state index in [4.69, 9.17) is 16.4 Å². The van der Waals surface area contributed by atoms with Gasteiger partial charge in [-0.15, -0.1) is 22.9 Å². The number of esters is 2. The van der Waals surface area contributed by atoms with E-state index < -0.39 is 63.4 Å². The summed E-state index contributed by atoms with van der Waals surface area (Å²) < 4.78 is 42.8. The van der Waals surface area contributed by atoms with Crippen molar-refractivity contribution in [3.8, 4) is 0 Å². The summed E-state index contributed by atoms with van der Waals surface area (Å²) in [5.74, 6) is -5.77. The Morgan fingerprint density at radius 3 is 2.41 bits per heavy atom. The fourth-order valence-electron chi connectivity index (χ4n) is 2.65. The number of halogens is 1. The van der Waals surface area contributed by atoms with Crippen LogP contribution in [0.5, 0.6) is 0 Å². The Labute approximate surface area is 241 Å². The minimum absolute atomic E-state index is 0. The van der Waals surface area contributed by atoms with Gasteiger partial charge in [0.25, 0.3) is 11.8 Å². The molecule has 1 aromatic heterocycles. The maximum atomic E-state index is 13.0. The molecule has 3 amide bonds. The van der Waals surface area contributed by atoms with Crippen molar-refractivity contribution >= 4 is 73.7 Å². The van der Waals surface area contributed by atoms with Crippen LogP contribution in [0.3, 0.4) is 0 Å². The molecule has 20 heteroatoms. The van der Waals surface area contributed by atoms with Crippen LogP contribution in [0, 0.1) is 0 Å². The van der Waals surface area contributed by atoms with Gasteiger partial charge in [-0.05, 0) is 13.8 Å². The van der Waals surface area contributed by atoms with Gasteiger partial charge in [-0.3, -0.25) is 14.4 Å². The minimum Gasteiger partial charge on any atom is -0.731 e. The molecule has 2 N–H and O–H groups in total. The van der Waals surface area contributed by atoms with Gasteiger partial charge in [0.15, 0.2) is 27.2 Å². The topological polar surface area (TPSA) is 223 Å². The largest absolute Gasteiger partial charge is 1.00 e. The molecule has 16 nitrogen and oxygen atoms in total. The third-order valence-electron chi connectivity index (χ3n) is 4.39. The third kappa shape index (κ3) is 7.59. The molecule has 0 spiro atoms. The quantitative estimate of drug-likeness (QED) is 0.0498. The van der Waals surface area contributed by atoms with Crippen molar-refractivity contribution in [1.82, 2.24) is 14.6 Å². The number of carbonyl (C=O) groups is 5. The second kappa shape index (κ2) is 12.9. The van der Waals surface area contributed by atoms with Crippen LogP contribution in [-0.2, 0) is 48.6 Å². The number of nitrogens with one attached hydrogen (secondary N) is 2. The number of nitrogens with zero attached hydrogens (tertiary/aromatic N) is 3. The van der Waals surface area contributed by atoms with Crippen LogP contribution in [0.15, 0.2) is 10.5 Å². The fourth-order valence-corrected chi connectivity index (χ4v) is 4.25. The first-order chi connectivity index (χ1) is 16.7. The number of hydrogen-bond acceptors (Lipinski definition) is 14. The molecular formula is C17H19ClN5NaO11S2. The van der Waals surface area contributed by atoms with E-state index in [1.807, 2.05) is 0 Å². The van der Waals surface area contributed by atoms with Gasteiger partial charge < -0.3 is 29.5 Å². The average molecular weight is 592 g/mol. The molecule has 0 bridgehead atoms. The van der Waals surface area contributed by atoms with E-state index in [-0.39, 0.29) is 50.6 Å². The molecule has 2 rings (SSSR count). The number of hydrogen-bond donors (Lipinski definition) is 2. The van der Waals surface area contributed by atoms with Crippen LogP contribution in [-0.4, -0.2) is 95.4 Å². The van der Waals surface area contributed by atoms with E-state index in [1.54, 1.807) is 0 Å². The predicted molar refractivity (Wildman–Crippen MR) is 119 cm³/mol.